The third-order valence-corrected chi connectivity index (χ3v) is 4.17. The first-order valence-corrected chi connectivity index (χ1v) is 7.09. The molecule has 5 nitrogen and oxygen atoms in total. The molecule has 3 atom stereocenters. The van der Waals surface area contributed by atoms with Gasteiger partial charge >= 0.3 is 0 Å². The number of rotatable bonds is 3. The second-order valence-electron chi connectivity index (χ2n) is 5.66. The van der Waals surface area contributed by atoms with E-state index in [4.69, 9.17) is 10.5 Å². The van der Waals surface area contributed by atoms with Crippen LogP contribution >= 0.6 is 0 Å². The van der Waals surface area contributed by atoms with Crippen molar-refractivity contribution < 1.29 is 14.6 Å². The van der Waals surface area contributed by atoms with Gasteiger partial charge in [-0.3, -0.25) is 4.79 Å². The molecule has 1 fully saturated rings. The van der Waals surface area contributed by atoms with E-state index in [1.54, 1.807) is 0 Å². The summed E-state index contributed by atoms with van der Waals surface area (Å²) in [6.45, 7) is 1.25. The second kappa shape index (κ2) is 5.42. The molecule has 20 heavy (non-hydrogen) atoms. The first-order chi connectivity index (χ1) is 9.63. The summed E-state index contributed by atoms with van der Waals surface area (Å²) in [6, 6.07) is 5.74. The minimum atomic E-state index is -0.553. The van der Waals surface area contributed by atoms with Gasteiger partial charge in [-0.2, -0.15) is 0 Å². The molecule has 0 aromatic heterocycles. The summed E-state index contributed by atoms with van der Waals surface area (Å²) in [6.07, 6.45) is 1.40. The maximum absolute atomic E-state index is 12.0. The van der Waals surface area contributed by atoms with Crippen LogP contribution in [0.15, 0.2) is 18.2 Å². The predicted octanol–water partition coefficient (Wildman–Crippen LogP) is 0.336. The molecule has 1 heterocycles. The van der Waals surface area contributed by atoms with Crippen molar-refractivity contribution in [1.82, 2.24) is 5.32 Å². The number of hydrogen-bond donors (Lipinski definition) is 3. The highest BCUT2D eigenvalue weighted by atomic mass is 16.5. The Morgan fingerprint density at radius 1 is 1.45 bits per heavy atom. The van der Waals surface area contributed by atoms with E-state index in [9.17, 15) is 9.90 Å². The first kappa shape index (κ1) is 13.4. The fraction of sp³-hybridized carbons (Fsp3) is 0.533. The fourth-order valence-electron chi connectivity index (χ4n) is 2.95. The average Bonchev–Trinajstić information content (AvgIpc) is 3.03. The molecule has 1 aliphatic heterocycles. The van der Waals surface area contributed by atoms with Crippen molar-refractivity contribution in [3.8, 4) is 5.75 Å². The Labute approximate surface area is 118 Å². The van der Waals surface area contributed by atoms with Crippen LogP contribution < -0.4 is 15.8 Å². The van der Waals surface area contributed by atoms with E-state index >= 15 is 0 Å². The molecule has 0 saturated heterocycles. The molecule has 2 aliphatic rings. The number of amides is 1. The third kappa shape index (κ3) is 2.64. The number of nitrogens with one attached hydrogen (secondary N) is 1. The molecule has 0 spiro atoms. The highest BCUT2D eigenvalue weighted by molar-refractivity contribution is 5.79. The molecule has 4 N–H and O–H groups in total. The van der Waals surface area contributed by atoms with Crippen LogP contribution in [-0.2, 0) is 17.8 Å². The van der Waals surface area contributed by atoms with E-state index in [0.717, 1.165) is 24.3 Å². The van der Waals surface area contributed by atoms with Gasteiger partial charge in [0.1, 0.15) is 5.75 Å². The summed E-state index contributed by atoms with van der Waals surface area (Å²) in [4.78, 5) is 12.0. The van der Waals surface area contributed by atoms with Crippen molar-refractivity contribution in [3.05, 3.63) is 29.3 Å². The van der Waals surface area contributed by atoms with E-state index < -0.39 is 6.10 Å². The maximum Gasteiger partial charge on any atom is 0.223 e. The lowest BCUT2D eigenvalue weighted by molar-refractivity contribution is -0.125. The summed E-state index contributed by atoms with van der Waals surface area (Å²) in [7, 11) is 0. The van der Waals surface area contributed by atoms with E-state index in [2.05, 4.69) is 11.4 Å². The Hall–Kier alpha value is -1.59. The van der Waals surface area contributed by atoms with Gasteiger partial charge in [0, 0.05) is 24.9 Å². The molecule has 3 rings (SSSR count). The fourth-order valence-corrected chi connectivity index (χ4v) is 2.95. The zero-order valence-electron chi connectivity index (χ0n) is 11.3. The van der Waals surface area contributed by atoms with E-state index in [0.29, 0.717) is 19.4 Å². The Morgan fingerprint density at radius 2 is 2.30 bits per heavy atom. The summed E-state index contributed by atoms with van der Waals surface area (Å²) in [5.74, 6) is 0.761. The highest BCUT2D eigenvalue weighted by Crippen LogP contribution is 2.27. The maximum atomic E-state index is 12.0. The van der Waals surface area contributed by atoms with Crippen LogP contribution in [0.5, 0.6) is 5.75 Å². The molecule has 0 bridgehead atoms. The monoisotopic (exact) mass is 276 g/mol. The van der Waals surface area contributed by atoms with E-state index in [-0.39, 0.29) is 17.9 Å². The number of benzene rings is 1. The topological polar surface area (TPSA) is 84.6 Å². The Morgan fingerprint density at radius 3 is 3.05 bits per heavy atom. The van der Waals surface area contributed by atoms with Crippen LogP contribution in [0.25, 0.3) is 0 Å². The van der Waals surface area contributed by atoms with E-state index in [1.807, 2.05) is 12.1 Å². The van der Waals surface area contributed by atoms with Gasteiger partial charge in [0.15, 0.2) is 0 Å². The molecular formula is C15H20N2O3. The second-order valence-corrected chi connectivity index (χ2v) is 5.66. The number of nitrogens with two attached hydrogens (primary N) is 1. The standard InChI is InChI=1S/C15H20N2O3/c16-12-6-11(7-13(12)18)15(19)17-8-9-1-2-14-10(5-9)3-4-20-14/h1-2,5,11-13,18H,3-4,6-8,16H2,(H,17,19)/t11-,12-,13-/m0/s1. The van der Waals surface area contributed by atoms with Crippen LogP contribution in [0.2, 0.25) is 0 Å². The van der Waals surface area contributed by atoms with Crippen LogP contribution in [0.1, 0.15) is 24.0 Å². The molecule has 1 aromatic carbocycles. The number of carbonyl (C=O) groups is 1. The predicted molar refractivity (Wildman–Crippen MR) is 74.2 cm³/mol. The van der Waals surface area contributed by atoms with Crippen LogP contribution in [-0.4, -0.2) is 29.8 Å². The van der Waals surface area contributed by atoms with Gasteiger partial charge < -0.3 is 20.9 Å². The molecule has 0 radical (unpaired) electrons. The molecule has 1 aromatic rings. The zero-order chi connectivity index (χ0) is 14.1. The van der Waals surface area contributed by atoms with E-state index in [1.165, 1.54) is 5.56 Å². The van der Waals surface area contributed by atoms with Gasteiger partial charge in [0.25, 0.3) is 0 Å². The number of hydrogen-bond acceptors (Lipinski definition) is 4. The minimum Gasteiger partial charge on any atom is -0.493 e. The summed E-state index contributed by atoms with van der Waals surface area (Å²) in [5, 5.41) is 12.5. The number of fused-ring (bicyclic) bond motifs is 1. The normalized spacial score (nSPS) is 28.0. The van der Waals surface area contributed by atoms with Crippen LogP contribution in [0.4, 0.5) is 0 Å². The smallest absolute Gasteiger partial charge is 0.223 e. The van der Waals surface area contributed by atoms with Crippen molar-refractivity contribution in [3.63, 3.8) is 0 Å². The third-order valence-electron chi connectivity index (χ3n) is 4.17. The SMILES string of the molecule is N[C@H]1C[C@H](C(=O)NCc2ccc3c(c2)CCO3)C[C@@H]1O. The molecule has 1 aliphatic carbocycles. The zero-order valence-corrected chi connectivity index (χ0v) is 11.3. The molecule has 0 unspecified atom stereocenters. The van der Waals surface area contributed by atoms with Gasteiger partial charge in [0.2, 0.25) is 5.91 Å². The molecule has 1 saturated carbocycles. The van der Waals surface area contributed by atoms with Gasteiger partial charge in [-0.25, -0.2) is 0 Å². The summed E-state index contributed by atoms with van der Waals surface area (Å²) >= 11 is 0. The van der Waals surface area contributed by atoms with Crippen molar-refractivity contribution in [2.24, 2.45) is 11.7 Å². The van der Waals surface area contributed by atoms with Crippen molar-refractivity contribution in [2.75, 3.05) is 6.61 Å². The largest absolute Gasteiger partial charge is 0.493 e. The Kier molecular flexibility index (Phi) is 3.63. The number of aliphatic hydroxyl groups excluding tert-OH is 1. The van der Waals surface area contributed by atoms with Crippen molar-refractivity contribution in [2.45, 2.75) is 38.0 Å². The number of carbonyl (C=O) groups excluding carboxylic acids is 1. The first-order valence-electron chi connectivity index (χ1n) is 7.09. The highest BCUT2D eigenvalue weighted by Gasteiger charge is 2.34. The van der Waals surface area contributed by atoms with Gasteiger partial charge in [0.05, 0.1) is 12.7 Å². The van der Waals surface area contributed by atoms with Crippen LogP contribution in [0.3, 0.4) is 0 Å². The average molecular weight is 276 g/mol. The number of aliphatic hydroxyl groups is 1. The van der Waals surface area contributed by atoms with Gasteiger partial charge in [-0.15, -0.1) is 0 Å². The number of ether oxygens (including phenoxy) is 1. The molecule has 5 heteroatoms. The lowest BCUT2D eigenvalue weighted by Crippen LogP contribution is -2.30. The van der Waals surface area contributed by atoms with Crippen LogP contribution in [0, 0.1) is 5.92 Å². The molecular weight excluding hydrogens is 256 g/mol. The lowest BCUT2D eigenvalue weighted by Gasteiger charge is -2.11. The van der Waals surface area contributed by atoms with Crippen molar-refractivity contribution >= 4 is 5.91 Å². The quantitative estimate of drug-likeness (QED) is 0.743. The lowest BCUT2D eigenvalue weighted by atomic mass is 10.1. The molecule has 108 valence electrons. The molecule has 1 amide bonds. The van der Waals surface area contributed by atoms with Crippen molar-refractivity contribution in [1.29, 1.82) is 0 Å². The van der Waals surface area contributed by atoms with Gasteiger partial charge in [-0.1, -0.05) is 12.1 Å². The minimum absolute atomic E-state index is 0.0197. The Balaban J connectivity index is 1.56. The Bertz CT molecular complexity index is 508. The summed E-state index contributed by atoms with van der Waals surface area (Å²) in [5.41, 5.74) is 8.01. The van der Waals surface area contributed by atoms with Gasteiger partial charge in [-0.05, 0) is 30.0 Å². The summed E-state index contributed by atoms with van der Waals surface area (Å²) < 4.78 is 5.45.